The fourth-order valence-corrected chi connectivity index (χ4v) is 4.87. The summed E-state index contributed by atoms with van der Waals surface area (Å²) in [6.45, 7) is 4.14. The van der Waals surface area contributed by atoms with E-state index in [-0.39, 0.29) is 0 Å². The minimum absolute atomic E-state index is 0.581. The molecule has 0 amide bonds. The Kier molecular flexibility index (Phi) is 8.19. The van der Waals surface area contributed by atoms with Crippen LogP contribution in [0.4, 0.5) is 0 Å². The summed E-state index contributed by atoms with van der Waals surface area (Å²) < 4.78 is 3.90. The zero-order chi connectivity index (χ0) is 29.6. The first-order valence-electron chi connectivity index (χ1n) is 13.8. The molecule has 0 atom stereocenters. The zero-order valence-electron chi connectivity index (χ0n) is 24.3. The molecule has 2 heterocycles. The van der Waals surface area contributed by atoms with Crippen LogP contribution in [0.1, 0.15) is 33.4 Å². The van der Waals surface area contributed by atoms with Gasteiger partial charge in [-0.3, -0.25) is 0 Å². The fraction of sp³-hybridized carbons (Fsp3) is 0.105. The van der Waals surface area contributed by atoms with E-state index < -0.39 is 0 Å². The second-order valence-electron chi connectivity index (χ2n) is 10.6. The number of rotatable bonds is 6. The van der Waals surface area contributed by atoms with Crippen LogP contribution in [0.5, 0.6) is 0 Å². The van der Waals surface area contributed by atoms with Gasteiger partial charge in [-0.2, -0.15) is 10.5 Å². The van der Waals surface area contributed by atoms with Crippen molar-refractivity contribution < 1.29 is 9.13 Å². The Morgan fingerprint density at radius 1 is 0.548 bits per heavy atom. The maximum absolute atomic E-state index is 10.2. The third-order valence-corrected chi connectivity index (χ3v) is 7.37. The summed E-state index contributed by atoms with van der Waals surface area (Å²) in [4.78, 5) is 0. The molecule has 4 heteroatoms. The SMILES string of the molecule is Cc1ccc(-c2cc(/C=C(\C#N)c3cc[n+](C)cc3)c(-c3ccc(C)cc3)cc2/C=C(\C#N)c2cc[n+](C)cc2)cc1. The number of allylic oxidation sites excluding steroid dienone is 2. The van der Waals surface area contributed by atoms with E-state index in [2.05, 4.69) is 86.6 Å². The number of benzene rings is 3. The lowest BCUT2D eigenvalue weighted by Crippen LogP contribution is -2.25. The van der Waals surface area contributed by atoms with Gasteiger partial charge in [-0.15, -0.1) is 0 Å². The molecule has 202 valence electrons. The molecule has 0 unspecified atom stereocenters. The van der Waals surface area contributed by atoms with E-state index in [1.54, 1.807) is 0 Å². The van der Waals surface area contributed by atoms with E-state index in [0.29, 0.717) is 11.1 Å². The normalized spacial score (nSPS) is 11.6. The molecule has 0 bridgehead atoms. The van der Waals surface area contributed by atoms with Gasteiger partial charge in [0.05, 0.1) is 23.3 Å². The first kappa shape index (κ1) is 28.0. The summed E-state index contributed by atoms with van der Waals surface area (Å²) in [6, 6.07) is 33.8. The summed E-state index contributed by atoms with van der Waals surface area (Å²) in [7, 11) is 3.92. The Labute approximate surface area is 248 Å². The number of aromatic nitrogens is 2. The molecule has 0 spiro atoms. The van der Waals surface area contributed by atoms with Crippen LogP contribution < -0.4 is 9.13 Å². The van der Waals surface area contributed by atoms with Gasteiger partial charge in [0.25, 0.3) is 0 Å². The highest BCUT2D eigenvalue weighted by molar-refractivity contribution is 5.98. The molecule has 3 aromatic carbocycles. The quantitative estimate of drug-likeness (QED) is 0.165. The molecule has 4 nitrogen and oxygen atoms in total. The Hall–Kier alpha value is -5.58. The van der Waals surface area contributed by atoms with E-state index in [9.17, 15) is 10.5 Å². The van der Waals surface area contributed by atoms with Gasteiger partial charge in [0.15, 0.2) is 24.8 Å². The van der Waals surface area contributed by atoms with E-state index >= 15 is 0 Å². The van der Waals surface area contributed by atoms with Gasteiger partial charge in [-0.1, -0.05) is 59.7 Å². The molecule has 0 saturated carbocycles. The molecule has 0 saturated heterocycles. The summed E-state index contributed by atoms with van der Waals surface area (Å²) in [6.07, 6.45) is 11.7. The summed E-state index contributed by atoms with van der Waals surface area (Å²) in [5.74, 6) is 0. The first-order chi connectivity index (χ1) is 20.3. The van der Waals surface area contributed by atoms with Crippen LogP contribution in [-0.2, 0) is 14.1 Å². The van der Waals surface area contributed by atoms with Crippen molar-refractivity contribution in [1.82, 2.24) is 0 Å². The lowest BCUT2D eigenvalue weighted by atomic mass is 9.88. The second-order valence-corrected chi connectivity index (χ2v) is 10.6. The van der Waals surface area contributed by atoms with Gasteiger partial charge in [0.1, 0.15) is 14.1 Å². The third-order valence-electron chi connectivity index (χ3n) is 7.37. The molecule has 5 aromatic rings. The molecule has 0 aliphatic carbocycles. The van der Waals surface area contributed by atoms with Gasteiger partial charge in [0.2, 0.25) is 0 Å². The maximum Gasteiger partial charge on any atom is 0.169 e. The highest BCUT2D eigenvalue weighted by Crippen LogP contribution is 2.37. The molecule has 0 aliphatic heterocycles. The van der Waals surface area contributed by atoms with Gasteiger partial charge >= 0.3 is 0 Å². The van der Waals surface area contributed by atoms with Crippen molar-refractivity contribution in [2.24, 2.45) is 14.1 Å². The van der Waals surface area contributed by atoms with Crippen molar-refractivity contribution >= 4 is 23.3 Å². The number of hydrogen-bond donors (Lipinski definition) is 0. The first-order valence-corrected chi connectivity index (χ1v) is 13.8. The van der Waals surface area contributed by atoms with Crippen molar-refractivity contribution in [2.75, 3.05) is 0 Å². The van der Waals surface area contributed by atoms with Crippen LogP contribution in [0, 0.1) is 36.5 Å². The Balaban J connectivity index is 1.80. The predicted octanol–water partition coefficient (Wildman–Crippen LogP) is 7.41. The van der Waals surface area contributed by atoms with Gasteiger partial charge in [-0.05, 0) is 71.5 Å². The minimum atomic E-state index is 0.581. The van der Waals surface area contributed by atoms with Crippen molar-refractivity contribution in [3.8, 4) is 34.4 Å². The van der Waals surface area contributed by atoms with Gasteiger partial charge in [0, 0.05) is 35.4 Å². The summed E-state index contributed by atoms with van der Waals surface area (Å²) in [5, 5.41) is 20.4. The fourth-order valence-electron chi connectivity index (χ4n) is 4.87. The van der Waals surface area contributed by atoms with Crippen LogP contribution in [0.3, 0.4) is 0 Å². The highest BCUT2D eigenvalue weighted by Gasteiger charge is 2.15. The molecule has 2 aromatic heterocycles. The zero-order valence-corrected chi connectivity index (χ0v) is 24.3. The van der Waals surface area contributed by atoms with Crippen LogP contribution in [0.15, 0.2) is 110 Å². The summed E-state index contributed by atoms with van der Waals surface area (Å²) >= 11 is 0. The van der Waals surface area contributed by atoms with Gasteiger partial charge in [-0.25, -0.2) is 9.13 Å². The van der Waals surface area contributed by atoms with Gasteiger partial charge < -0.3 is 0 Å². The van der Waals surface area contributed by atoms with Crippen LogP contribution in [0.25, 0.3) is 45.6 Å². The number of nitrogens with zero attached hydrogens (tertiary/aromatic N) is 4. The summed E-state index contributed by atoms with van der Waals surface area (Å²) in [5.41, 5.74) is 11.1. The largest absolute Gasteiger partial charge is 0.208 e. The van der Waals surface area contributed by atoms with Crippen LogP contribution >= 0.6 is 0 Å². The Morgan fingerprint density at radius 2 is 0.881 bits per heavy atom. The van der Waals surface area contributed by atoms with E-state index in [1.165, 1.54) is 11.1 Å². The number of hydrogen-bond acceptors (Lipinski definition) is 2. The average molecular weight is 545 g/mol. The third kappa shape index (κ3) is 6.25. The lowest BCUT2D eigenvalue weighted by Gasteiger charge is -2.16. The Morgan fingerprint density at radius 3 is 1.19 bits per heavy atom. The monoisotopic (exact) mass is 544 g/mol. The van der Waals surface area contributed by atoms with Crippen molar-refractivity contribution in [3.05, 3.63) is 143 Å². The second kappa shape index (κ2) is 12.3. The highest BCUT2D eigenvalue weighted by atomic mass is 14.9. The molecule has 0 N–H and O–H groups in total. The van der Waals surface area contributed by atoms with Crippen molar-refractivity contribution in [3.63, 3.8) is 0 Å². The smallest absolute Gasteiger partial charge is 0.169 e. The van der Waals surface area contributed by atoms with Crippen LogP contribution in [0.2, 0.25) is 0 Å². The molecular weight excluding hydrogens is 512 g/mol. The van der Waals surface area contributed by atoms with Crippen molar-refractivity contribution in [2.45, 2.75) is 13.8 Å². The predicted molar refractivity (Wildman–Crippen MR) is 169 cm³/mol. The van der Waals surface area contributed by atoms with Crippen molar-refractivity contribution in [1.29, 1.82) is 10.5 Å². The number of nitriles is 2. The van der Waals surface area contributed by atoms with E-state index in [4.69, 9.17) is 0 Å². The average Bonchev–Trinajstić information content (AvgIpc) is 3.01. The molecule has 5 rings (SSSR count). The Bertz CT molecular complexity index is 1740. The van der Waals surface area contributed by atoms with Crippen LogP contribution in [-0.4, -0.2) is 0 Å². The maximum atomic E-state index is 10.2. The molecule has 0 fully saturated rings. The lowest BCUT2D eigenvalue weighted by molar-refractivity contribution is -0.671. The number of aryl methyl sites for hydroxylation is 4. The van der Waals surface area contributed by atoms with E-state index in [1.807, 2.05) is 84.4 Å². The van der Waals surface area contributed by atoms with E-state index in [0.717, 1.165) is 44.5 Å². The minimum Gasteiger partial charge on any atom is -0.208 e. The standard InChI is InChI=1S/C38H32N4/c1-27-5-9-31(10-6-27)37-23-34(22-36(26-40)30-15-19-42(4)20-16-30)38(32-11-7-28(2)8-12-32)24-33(37)21-35(25-39)29-13-17-41(3)18-14-29/h5-24H,1-4H3/q+2/b35-21+,36-22+. The topological polar surface area (TPSA) is 55.3 Å². The molecular formula is C38H32N4+2. The number of pyridine rings is 2. The molecule has 0 radical (unpaired) electrons. The molecule has 42 heavy (non-hydrogen) atoms. The molecule has 0 aliphatic rings.